The summed E-state index contributed by atoms with van der Waals surface area (Å²) in [5, 5.41) is 4.47. The second kappa shape index (κ2) is 7.25. The molecule has 0 fully saturated rings. The lowest BCUT2D eigenvalue weighted by molar-refractivity contribution is 0.103. The number of benzene rings is 2. The molecule has 0 saturated carbocycles. The lowest BCUT2D eigenvalue weighted by Gasteiger charge is -2.42. The number of allylic oxidation sites excluding steroid dienone is 4. The largest absolute Gasteiger partial charge is 0.381 e. The number of ketones is 1. The van der Waals surface area contributed by atoms with Gasteiger partial charge in [0.15, 0.2) is 5.78 Å². The summed E-state index contributed by atoms with van der Waals surface area (Å²) in [5.74, 6) is 1.53. The minimum Gasteiger partial charge on any atom is -0.381 e. The van der Waals surface area contributed by atoms with Crippen molar-refractivity contribution >= 4 is 23.1 Å². The number of nitrogens with one attached hydrogen (secondary N) is 1. The molecule has 0 saturated heterocycles. The third kappa shape index (κ3) is 3.00. The van der Waals surface area contributed by atoms with E-state index in [-0.39, 0.29) is 5.78 Å². The molecule has 3 heteroatoms. The summed E-state index contributed by atoms with van der Waals surface area (Å²) < 4.78 is 0. The number of hydrogen-bond donors (Lipinski definition) is 1. The molecule has 142 valence electrons. The lowest BCUT2D eigenvalue weighted by Crippen LogP contribution is -2.42. The van der Waals surface area contributed by atoms with E-state index >= 15 is 0 Å². The van der Waals surface area contributed by atoms with Crippen LogP contribution in [0.25, 0.3) is 0 Å². The number of carbonyl (C=O) groups excluding carboxylic acids is 1. The van der Waals surface area contributed by atoms with E-state index in [1.807, 2.05) is 36.4 Å². The summed E-state index contributed by atoms with van der Waals surface area (Å²) in [6, 6.07) is 13.8. The van der Waals surface area contributed by atoms with E-state index in [9.17, 15) is 4.79 Å². The van der Waals surface area contributed by atoms with Gasteiger partial charge in [-0.05, 0) is 55.2 Å². The minimum atomic E-state index is 0.0366. The zero-order chi connectivity index (χ0) is 19.1. The fraction of sp³-hybridized carbons (Fsp3) is 0.320. The Bertz CT molecular complexity index is 962. The van der Waals surface area contributed by atoms with Gasteiger partial charge in [-0.25, -0.2) is 0 Å². The highest BCUT2D eigenvalue weighted by Crippen LogP contribution is 2.49. The third-order valence-corrected chi connectivity index (χ3v) is 6.79. The van der Waals surface area contributed by atoms with Gasteiger partial charge >= 0.3 is 0 Å². The summed E-state index contributed by atoms with van der Waals surface area (Å²) in [7, 11) is 0. The van der Waals surface area contributed by atoms with Crippen LogP contribution in [0.5, 0.6) is 0 Å². The predicted octanol–water partition coefficient (Wildman–Crippen LogP) is 6.38. The van der Waals surface area contributed by atoms with Crippen molar-refractivity contribution in [1.82, 2.24) is 0 Å². The van der Waals surface area contributed by atoms with Crippen molar-refractivity contribution in [2.24, 2.45) is 11.8 Å². The van der Waals surface area contributed by atoms with Crippen LogP contribution >= 0.6 is 11.6 Å². The van der Waals surface area contributed by atoms with Gasteiger partial charge in [-0.2, -0.15) is 0 Å². The van der Waals surface area contributed by atoms with Crippen LogP contribution in [-0.4, -0.2) is 11.8 Å². The van der Waals surface area contributed by atoms with Crippen molar-refractivity contribution < 1.29 is 4.79 Å². The van der Waals surface area contributed by atoms with Crippen molar-refractivity contribution in [3.8, 4) is 0 Å². The summed E-state index contributed by atoms with van der Waals surface area (Å²) in [6.07, 6.45) is 13.8. The summed E-state index contributed by atoms with van der Waals surface area (Å²) in [4.78, 5) is 13.3. The molecule has 4 atom stereocenters. The van der Waals surface area contributed by atoms with Crippen LogP contribution in [0.2, 0.25) is 5.02 Å². The molecule has 2 nitrogen and oxygen atoms in total. The van der Waals surface area contributed by atoms with Gasteiger partial charge < -0.3 is 5.32 Å². The number of anilines is 1. The average Bonchev–Trinajstić information content (AvgIpc) is 3.24. The Kier molecular flexibility index (Phi) is 4.60. The van der Waals surface area contributed by atoms with E-state index in [1.54, 1.807) is 0 Å². The van der Waals surface area contributed by atoms with Crippen LogP contribution in [0.15, 0.2) is 66.8 Å². The molecule has 0 spiro atoms. The molecule has 1 heterocycles. The summed E-state index contributed by atoms with van der Waals surface area (Å²) >= 11 is 6.48. The summed E-state index contributed by atoms with van der Waals surface area (Å²) in [6.45, 7) is 0. The minimum absolute atomic E-state index is 0.0366. The second-order valence-electron chi connectivity index (χ2n) is 8.18. The molecule has 0 amide bonds. The van der Waals surface area contributed by atoms with E-state index in [0.717, 1.165) is 24.9 Å². The molecule has 1 aliphatic heterocycles. The van der Waals surface area contributed by atoms with Crippen molar-refractivity contribution in [2.75, 3.05) is 5.32 Å². The molecule has 2 aromatic rings. The number of fused-ring (bicyclic) bond motifs is 3. The maximum Gasteiger partial charge on any atom is 0.195 e. The van der Waals surface area contributed by atoms with E-state index in [1.165, 1.54) is 12.0 Å². The Hall–Kier alpha value is -2.32. The number of halogens is 1. The van der Waals surface area contributed by atoms with Gasteiger partial charge in [-0.3, -0.25) is 4.79 Å². The maximum atomic E-state index is 13.3. The van der Waals surface area contributed by atoms with Crippen LogP contribution < -0.4 is 5.32 Å². The van der Waals surface area contributed by atoms with E-state index in [0.29, 0.717) is 39.9 Å². The first kappa shape index (κ1) is 17.8. The Morgan fingerprint density at radius 1 is 1.04 bits per heavy atom. The standard InChI is InChI=1S/C25H24ClNO/c26-18-14-21-19-12-7-13-20(19)23(16-8-3-1-4-9-16)27-24(21)22(15-18)25(28)17-10-5-2-6-11-17/h1-3,5-7,10-12,14-16,19-20,23,27H,4,8-9,13H2/t16-,19-,20+,23-/m0/s1. The Morgan fingerprint density at radius 2 is 1.89 bits per heavy atom. The molecule has 0 unspecified atom stereocenters. The van der Waals surface area contributed by atoms with Crippen molar-refractivity contribution in [3.63, 3.8) is 0 Å². The van der Waals surface area contributed by atoms with Crippen LogP contribution in [0.1, 0.15) is 53.1 Å². The molecule has 0 radical (unpaired) electrons. The van der Waals surface area contributed by atoms with Gasteiger partial charge in [0.25, 0.3) is 0 Å². The van der Waals surface area contributed by atoms with Crippen LogP contribution in [-0.2, 0) is 0 Å². The van der Waals surface area contributed by atoms with E-state index in [2.05, 4.69) is 35.7 Å². The Morgan fingerprint density at radius 3 is 2.68 bits per heavy atom. The predicted molar refractivity (Wildman–Crippen MR) is 115 cm³/mol. The molecular weight excluding hydrogens is 366 g/mol. The normalized spacial score (nSPS) is 27.8. The summed E-state index contributed by atoms with van der Waals surface area (Å²) in [5.41, 5.74) is 3.57. The van der Waals surface area contributed by atoms with Gasteiger partial charge in [0.2, 0.25) is 0 Å². The number of rotatable bonds is 3. The van der Waals surface area contributed by atoms with Crippen LogP contribution in [0.3, 0.4) is 0 Å². The maximum absolute atomic E-state index is 13.3. The fourth-order valence-corrected chi connectivity index (χ4v) is 5.46. The van der Waals surface area contributed by atoms with Gasteiger partial charge in [-0.1, -0.05) is 66.2 Å². The van der Waals surface area contributed by atoms with Gasteiger partial charge in [0, 0.05) is 33.8 Å². The molecule has 28 heavy (non-hydrogen) atoms. The highest BCUT2D eigenvalue weighted by atomic mass is 35.5. The van der Waals surface area contributed by atoms with Crippen molar-refractivity contribution in [3.05, 3.63) is 88.5 Å². The third-order valence-electron chi connectivity index (χ3n) is 6.58. The smallest absolute Gasteiger partial charge is 0.195 e. The monoisotopic (exact) mass is 389 g/mol. The highest BCUT2D eigenvalue weighted by molar-refractivity contribution is 6.31. The first-order chi connectivity index (χ1) is 13.7. The molecule has 3 aliphatic rings. The second-order valence-corrected chi connectivity index (χ2v) is 8.62. The Labute approximate surface area is 171 Å². The fourth-order valence-electron chi connectivity index (χ4n) is 5.24. The molecule has 0 bridgehead atoms. The Balaban J connectivity index is 1.60. The molecule has 5 rings (SSSR count). The van der Waals surface area contributed by atoms with Crippen LogP contribution in [0, 0.1) is 11.8 Å². The first-order valence-corrected chi connectivity index (χ1v) is 10.6. The zero-order valence-electron chi connectivity index (χ0n) is 15.8. The van der Waals surface area contributed by atoms with Gasteiger partial charge in [0.05, 0.1) is 0 Å². The lowest BCUT2D eigenvalue weighted by atomic mass is 9.71. The van der Waals surface area contributed by atoms with Gasteiger partial charge in [-0.15, -0.1) is 0 Å². The van der Waals surface area contributed by atoms with Crippen molar-refractivity contribution in [1.29, 1.82) is 0 Å². The molecule has 2 aromatic carbocycles. The molecule has 2 aliphatic carbocycles. The van der Waals surface area contributed by atoms with E-state index in [4.69, 9.17) is 11.6 Å². The zero-order valence-corrected chi connectivity index (χ0v) is 16.5. The average molecular weight is 390 g/mol. The molecular formula is C25H24ClNO. The van der Waals surface area contributed by atoms with Crippen molar-refractivity contribution in [2.45, 2.75) is 37.6 Å². The van der Waals surface area contributed by atoms with Crippen LogP contribution in [0.4, 0.5) is 5.69 Å². The SMILES string of the molecule is O=C(c1ccccc1)c1cc(Cl)cc2c1N[C@@H]([C@H]1CC=CCC1)[C@@H]1CC=C[C@H]21. The van der Waals surface area contributed by atoms with E-state index < -0.39 is 0 Å². The topological polar surface area (TPSA) is 29.1 Å². The molecule has 1 N–H and O–H groups in total. The number of carbonyl (C=O) groups is 1. The quantitative estimate of drug-likeness (QED) is 0.487. The first-order valence-electron chi connectivity index (χ1n) is 10.2. The molecule has 0 aromatic heterocycles. The highest BCUT2D eigenvalue weighted by Gasteiger charge is 2.42. The van der Waals surface area contributed by atoms with Gasteiger partial charge in [0.1, 0.15) is 0 Å². The number of hydrogen-bond acceptors (Lipinski definition) is 2.